The number of carbonyl (C=O) groups excluding carboxylic acids is 3. The van der Waals surface area contributed by atoms with Crippen molar-refractivity contribution in [2.24, 2.45) is 0 Å². The Labute approximate surface area is 204 Å². The van der Waals surface area contributed by atoms with Gasteiger partial charge >= 0.3 is 17.9 Å². The first-order chi connectivity index (χ1) is 17.4. The summed E-state index contributed by atoms with van der Waals surface area (Å²) in [5.41, 5.74) is 0.0142. The molecule has 12 nitrogen and oxygen atoms in total. The van der Waals surface area contributed by atoms with E-state index in [0.717, 1.165) is 0 Å². The number of rotatable bonds is 6. The van der Waals surface area contributed by atoms with Crippen molar-refractivity contribution in [3.63, 3.8) is 0 Å². The first-order valence-corrected chi connectivity index (χ1v) is 10.7. The van der Waals surface area contributed by atoms with E-state index in [-0.39, 0.29) is 16.7 Å². The molecule has 1 aliphatic carbocycles. The molecular weight excluding hydrogens is 474 g/mol. The van der Waals surface area contributed by atoms with E-state index in [1.165, 1.54) is 73.6 Å². The molecule has 0 radical (unpaired) electrons. The highest BCUT2D eigenvalue weighted by Crippen LogP contribution is 2.30. The third-order valence-electron chi connectivity index (χ3n) is 5.44. The van der Waals surface area contributed by atoms with Gasteiger partial charge in [0.15, 0.2) is 18.3 Å². The van der Waals surface area contributed by atoms with Gasteiger partial charge in [0.1, 0.15) is 18.3 Å². The first-order valence-electron chi connectivity index (χ1n) is 10.7. The van der Waals surface area contributed by atoms with Crippen molar-refractivity contribution in [2.75, 3.05) is 0 Å². The van der Waals surface area contributed by atoms with Gasteiger partial charge in [-0.2, -0.15) is 0 Å². The van der Waals surface area contributed by atoms with Crippen LogP contribution in [0.15, 0.2) is 73.6 Å². The van der Waals surface area contributed by atoms with E-state index in [0.29, 0.717) is 0 Å². The molecule has 3 N–H and O–H groups in total. The first kappa shape index (κ1) is 24.9. The summed E-state index contributed by atoms with van der Waals surface area (Å²) in [4.78, 5) is 49.7. The van der Waals surface area contributed by atoms with Crippen molar-refractivity contribution in [3.8, 4) is 0 Å². The van der Waals surface area contributed by atoms with Crippen LogP contribution >= 0.6 is 0 Å². The van der Waals surface area contributed by atoms with Gasteiger partial charge in [-0.05, 0) is 36.4 Å². The Morgan fingerprint density at radius 3 is 1.19 bits per heavy atom. The number of aromatic nitrogens is 3. The zero-order valence-corrected chi connectivity index (χ0v) is 18.5. The molecule has 1 aliphatic rings. The number of esters is 3. The maximum absolute atomic E-state index is 12.8. The number of carbonyl (C=O) groups is 3. The number of hydrogen-bond donors (Lipinski definition) is 3. The Bertz CT molecular complexity index is 1130. The minimum absolute atomic E-state index is 0.00210. The zero-order chi connectivity index (χ0) is 25.7. The summed E-state index contributed by atoms with van der Waals surface area (Å²) in [7, 11) is 0. The molecule has 0 spiro atoms. The number of aliphatic hydroxyl groups excluding tert-OH is 3. The quantitative estimate of drug-likeness (QED) is 0.307. The molecule has 1 fully saturated rings. The Morgan fingerprint density at radius 2 is 0.889 bits per heavy atom. The highest BCUT2D eigenvalue weighted by Gasteiger charge is 2.55. The average Bonchev–Trinajstić information content (AvgIpc) is 2.93. The number of ether oxygens (including phenoxy) is 3. The summed E-state index contributed by atoms with van der Waals surface area (Å²) in [6.07, 6.45) is -2.99. The highest BCUT2D eigenvalue weighted by molar-refractivity contribution is 5.91. The molecule has 36 heavy (non-hydrogen) atoms. The lowest BCUT2D eigenvalue weighted by Crippen LogP contribution is -2.66. The SMILES string of the molecule is O=C(OC1C(O)C(O)C(O)C(OC(=O)c2cccnc2)C1OC(=O)c1cccnc1)c1cccnc1. The molecular formula is C24H21N3O9. The summed E-state index contributed by atoms with van der Waals surface area (Å²) >= 11 is 0. The Balaban J connectivity index is 1.67. The van der Waals surface area contributed by atoms with Gasteiger partial charge in [-0.3, -0.25) is 15.0 Å². The minimum Gasteiger partial charge on any atom is -0.452 e. The van der Waals surface area contributed by atoms with Crippen LogP contribution in [0.25, 0.3) is 0 Å². The van der Waals surface area contributed by atoms with Crippen molar-refractivity contribution in [1.29, 1.82) is 0 Å². The van der Waals surface area contributed by atoms with Crippen molar-refractivity contribution in [2.45, 2.75) is 36.6 Å². The molecule has 4 rings (SSSR count). The fourth-order valence-corrected chi connectivity index (χ4v) is 3.60. The number of pyridine rings is 3. The van der Waals surface area contributed by atoms with Gasteiger partial charge in [0.25, 0.3) is 0 Å². The molecule has 3 aromatic rings. The van der Waals surface area contributed by atoms with E-state index >= 15 is 0 Å². The van der Waals surface area contributed by atoms with E-state index in [1.54, 1.807) is 0 Å². The van der Waals surface area contributed by atoms with Crippen molar-refractivity contribution >= 4 is 17.9 Å². The van der Waals surface area contributed by atoms with Crippen LogP contribution in [0.1, 0.15) is 31.1 Å². The molecule has 3 aromatic heterocycles. The molecule has 0 bridgehead atoms. The van der Waals surface area contributed by atoms with Crippen molar-refractivity contribution in [3.05, 3.63) is 90.3 Å². The van der Waals surface area contributed by atoms with Crippen LogP contribution in [0.2, 0.25) is 0 Å². The predicted octanol–water partition coefficient (Wildman–Crippen LogP) is -0.0555. The molecule has 4 unspecified atom stereocenters. The molecule has 12 heteroatoms. The predicted molar refractivity (Wildman–Crippen MR) is 118 cm³/mol. The molecule has 0 aromatic carbocycles. The lowest BCUT2D eigenvalue weighted by Gasteiger charge is -2.44. The van der Waals surface area contributed by atoms with Crippen molar-refractivity contribution in [1.82, 2.24) is 15.0 Å². The van der Waals surface area contributed by atoms with Crippen LogP contribution < -0.4 is 0 Å². The Morgan fingerprint density at radius 1 is 0.556 bits per heavy atom. The normalized spacial score (nSPS) is 25.4. The summed E-state index contributed by atoms with van der Waals surface area (Å²) in [5.74, 6) is -2.89. The van der Waals surface area contributed by atoms with Crippen LogP contribution in [0.5, 0.6) is 0 Å². The molecule has 3 heterocycles. The minimum atomic E-state index is -1.92. The van der Waals surface area contributed by atoms with Gasteiger partial charge in [-0.25, -0.2) is 14.4 Å². The smallest absolute Gasteiger partial charge is 0.340 e. The topological polar surface area (TPSA) is 178 Å². The van der Waals surface area contributed by atoms with Crippen LogP contribution in [0.3, 0.4) is 0 Å². The van der Waals surface area contributed by atoms with E-state index in [9.17, 15) is 29.7 Å². The molecule has 0 aliphatic heterocycles. The second-order valence-corrected chi connectivity index (χ2v) is 7.81. The van der Waals surface area contributed by atoms with Crippen LogP contribution in [-0.2, 0) is 14.2 Å². The summed E-state index contributed by atoms with van der Waals surface area (Å²) in [6, 6.07) is 8.62. The van der Waals surface area contributed by atoms with E-state index in [2.05, 4.69) is 15.0 Å². The van der Waals surface area contributed by atoms with Crippen LogP contribution in [0, 0.1) is 0 Å². The maximum atomic E-state index is 12.8. The van der Waals surface area contributed by atoms with Gasteiger partial charge in [-0.15, -0.1) is 0 Å². The van der Waals surface area contributed by atoms with Crippen molar-refractivity contribution < 1.29 is 43.9 Å². The lowest BCUT2D eigenvalue weighted by atomic mass is 9.84. The Hall–Kier alpha value is -4.26. The van der Waals surface area contributed by atoms with Crippen LogP contribution in [-0.4, -0.2) is 84.8 Å². The van der Waals surface area contributed by atoms with E-state index < -0.39 is 54.5 Å². The molecule has 0 amide bonds. The monoisotopic (exact) mass is 495 g/mol. The number of nitrogens with zero attached hydrogens (tertiary/aromatic N) is 3. The van der Waals surface area contributed by atoms with Gasteiger partial charge < -0.3 is 29.5 Å². The average molecular weight is 495 g/mol. The standard InChI is InChI=1S/C24H21N3O9/c28-16-17(29)19(34-22(31)13-4-1-7-25-10-13)21(36-24(33)15-6-3-9-27-12-15)20(18(16)30)35-23(32)14-5-2-8-26-11-14/h1-12,16-21,28-30H. The third kappa shape index (κ3) is 5.35. The fourth-order valence-electron chi connectivity index (χ4n) is 3.60. The lowest BCUT2D eigenvalue weighted by molar-refractivity contribution is -0.223. The number of hydrogen-bond acceptors (Lipinski definition) is 12. The second-order valence-electron chi connectivity index (χ2n) is 7.81. The van der Waals surface area contributed by atoms with E-state index in [1.807, 2.05) is 0 Å². The van der Waals surface area contributed by atoms with Gasteiger partial charge in [0, 0.05) is 37.2 Å². The molecule has 1 saturated carbocycles. The van der Waals surface area contributed by atoms with Gasteiger partial charge in [0.2, 0.25) is 0 Å². The van der Waals surface area contributed by atoms with Gasteiger partial charge in [0.05, 0.1) is 16.7 Å². The molecule has 4 atom stereocenters. The van der Waals surface area contributed by atoms with E-state index in [4.69, 9.17) is 14.2 Å². The third-order valence-corrected chi connectivity index (χ3v) is 5.44. The zero-order valence-electron chi connectivity index (χ0n) is 18.5. The summed E-state index contributed by atoms with van der Waals surface area (Å²) < 4.78 is 16.2. The maximum Gasteiger partial charge on any atom is 0.340 e. The van der Waals surface area contributed by atoms with Crippen LogP contribution in [0.4, 0.5) is 0 Å². The second kappa shape index (κ2) is 11.0. The molecule has 0 saturated heterocycles. The highest BCUT2D eigenvalue weighted by atomic mass is 16.6. The van der Waals surface area contributed by atoms with Gasteiger partial charge in [-0.1, -0.05) is 0 Å². The number of aliphatic hydroxyl groups is 3. The Kier molecular flexibility index (Phi) is 7.59. The summed E-state index contributed by atoms with van der Waals surface area (Å²) in [6.45, 7) is 0. The largest absolute Gasteiger partial charge is 0.452 e. The summed E-state index contributed by atoms with van der Waals surface area (Å²) in [5, 5.41) is 31.8. The fraction of sp³-hybridized carbons (Fsp3) is 0.250. The molecule has 186 valence electrons.